The fraction of sp³-hybridized carbons (Fsp3) is 0.381. The SMILES string of the molecule is COc1cccc(OCCNC(=O)C2CCCN2Cc2ccccc2)c1. The van der Waals surface area contributed by atoms with Gasteiger partial charge in [0.05, 0.1) is 19.7 Å². The first-order chi connectivity index (χ1) is 12.8. The van der Waals surface area contributed by atoms with E-state index in [1.807, 2.05) is 42.5 Å². The third kappa shape index (κ3) is 4.99. The third-order valence-electron chi connectivity index (χ3n) is 4.61. The van der Waals surface area contributed by atoms with Gasteiger partial charge < -0.3 is 14.8 Å². The van der Waals surface area contributed by atoms with Gasteiger partial charge in [0, 0.05) is 12.6 Å². The van der Waals surface area contributed by atoms with Crippen LogP contribution in [0, 0.1) is 0 Å². The lowest BCUT2D eigenvalue weighted by Gasteiger charge is -2.23. The zero-order valence-electron chi connectivity index (χ0n) is 15.2. The molecule has 2 aromatic rings. The molecule has 1 unspecified atom stereocenters. The summed E-state index contributed by atoms with van der Waals surface area (Å²) in [7, 11) is 1.63. The number of likely N-dealkylation sites (tertiary alicyclic amines) is 1. The molecule has 1 saturated heterocycles. The van der Waals surface area contributed by atoms with Crippen molar-refractivity contribution < 1.29 is 14.3 Å². The highest BCUT2D eigenvalue weighted by atomic mass is 16.5. The van der Waals surface area contributed by atoms with Crippen LogP contribution in [0.2, 0.25) is 0 Å². The van der Waals surface area contributed by atoms with E-state index in [4.69, 9.17) is 9.47 Å². The minimum Gasteiger partial charge on any atom is -0.497 e. The fourth-order valence-electron chi connectivity index (χ4n) is 3.28. The van der Waals surface area contributed by atoms with E-state index in [1.54, 1.807) is 7.11 Å². The Morgan fingerprint density at radius 2 is 1.96 bits per heavy atom. The van der Waals surface area contributed by atoms with E-state index in [-0.39, 0.29) is 11.9 Å². The molecule has 5 nitrogen and oxygen atoms in total. The van der Waals surface area contributed by atoms with Crippen molar-refractivity contribution in [2.45, 2.75) is 25.4 Å². The average molecular weight is 354 g/mol. The molecule has 2 aromatic carbocycles. The van der Waals surface area contributed by atoms with Crippen LogP contribution < -0.4 is 14.8 Å². The third-order valence-corrected chi connectivity index (χ3v) is 4.61. The molecule has 1 aliphatic heterocycles. The zero-order valence-corrected chi connectivity index (χ0v) is 15.2. The van der Waals surface area contributed by atoms with E-state index in [1.165, 1.54) is 5.56 Å². The highest BCUT2D eigenvalue weighted by molar-refractivity contribution is 5.82. The lowest BCUT2D eigenvalue weighted by molar-refractivity contribution is -0.125. The number of nitrogens with zero attached hydrogens (tertiary/aromatic N) is 1. The van der Waals surface area contributed by atoms with E-state index in [9.17, 15) is 4.79 Å². The molecule has 5 heteroatoms. The summed E-state index contributed by atoms with van der Waals surface area (Å²) in [4.78, 5) is 14.8. The molecular weight excluding hydrogens is 328 g/mol. The average Bonchev–Trinajstić information content (AvgIpc) is 3.14. The van der Waals surface area contributed by atoms with Gasteiger partial charge in [-0.1, -0.05) is 36.4 Å². The fourth-order valence-corrected chi connectivity index (χ4v) is 3.28. The maximum Gasteiger partial charge on any atom is 0.237 e. The Morgan fingerprint density at radius 3 is 2.77 bits per heavy atom. The summed E-state index contributed by atoms with van der Waals surface area (Å²) in [6.45, 7) is 2.71. The minimum atomic E-state index is -0.0491. The molecule has 1 atom stereocenters. The van der Waals surface area contributed by atoms with Crippen LogP contribution >= 0.6 is 0 Å². The summed E-state index contributed by atoms with van der Waals surface area (Å²) in [5.74, 6) is 1.59. The maximum atomic E-state index is 12.5. The first-order valence-electron chi connectivity index (χ1n) is 9.09. The van der Waals surface area contributed by atoms with Gasteiger partial charge in [-0.25, -0.2) is 0 Å². The molecule has 26 heavy (non-hydrogen) atoms. The predicted octanol–water partition coefficient (Wildman–Crippen LogP) is 2.85. The van der Waals surface area contributed by atoms with Crippen LogP contribution in [0.15, 0.2) is 54.6 Å². The topological polar surface area (TPSA) is 50.8 Å². The Hall–Kier alpha value is -2.53. The van der Waals surface area contributed by atoms with Crippen LogP contribution in [0.1, 0.15) is 18.4 Å². The molecule has 0 aliphatic carbocycles. The summed E-state index contributed by atoms with van der Waals surface area (Å²) >= 11 is 0. The van der Waals surface area contributed by atoms with Gasteiger partial charge in [0.25, 0.3) is 0 Å². The molecule has 0 radical (unpaired) electrons. The number of carbonyl (C=O) groups excluding carboxylic acids is 1. The van der Waals surface area contributed by atoms with Crippen molar-refractivity contribution in [1.29, 1.82) is 0 Å². The second-order valence-electron chi connectivity index (χ2n) is 6.43. The molecule has 1 N–H and O–H groups in total. The molecule has 0 aromatic heterocycles. The van der Waals surface area contributed by atoms with Gasteiger partial charge in [-0.05, 0) is 37.1 Å². The van der Waals surface area contributed by atoms with Crippen LogP contribution in [0.5, 0.6) is 11.5 Å². The molecule has 0 bridgehead atoms. The van der Waals surface area contributed by atoms with Gasteiger partial charge >= 0.3 is 0 Å². The van der Waals surface area contributed by atoms with E-state index in [0.717, 1.165) is 37.4 Å². The van der Waals surface area contributed by atoms with Crippen LogP contribution in [0.3, 0.4) is 0 Å². The second kappa shape index (κ2) is 9.25. The molecular formula is C21H26N2O3. The summed E-state index contributed by atoms with van der Waals surface area (Å²) in [6, 6.07) is 17.7. The summed E-state index contributed by atoms with van der Waals surface area (Å²) < 4.78 is 10.8. The normalized spacial score (nSPS) is 17.0. The van der Waals surface area contributed by atoms with Crippen molar-refractivity contribution >= 4 is 5.91 Å². The molecule has 138 valence electrons. The van der Waals surface area contributed by atoms with Gasteiger partial charge in [0.2, 0.25) is 5.91 Å². The van der Waals surface area contributed by atoms with Crippen molar-refractivity contribution in [3.63, 3.8) is 0 Å². The van der Waals surface area contributed by atoms with Crippen LogP contribution in [-0.4, -0.2) is 43.7 Å². The highest BCUT2D eigenvalue weighted by Crippen LogP contribution is 2.20. The van der Waals surface area contributed by atoms with Gasteiger partial charge in [-0.15, -0.1) is 0 Å². The Morgan fingerprint density at radius 1 is 1.15 bits per heavy atom. The van der Waals surface area contributed by atoms with Crippen LogP contribution in [0.4, 0.5) is 0 Å². The van der Waals surface area contributed by atoms with Crippen molar-refractivity contribution in [2.75, 3.05) is 26.8 Å². The molecule has 1 amide bonds. The first kappa shape index (κ1) is 18.3. The lowest BCUT2D eigenvalue weighted by Crippen LogP contribution is -2.44. The Labute approximate surface area is 154 Å². The summed E-state index contributed by atoms with van der Waals surface area (Å²) in [5.41, 5.74) is 1.24. The van der Waals surface area contributed by atoms with Crippen LogP contribution in [-0.2, 0) is 11.3 Å². The molecule has 1 heterocycles. The minimum absolute atomic E-state index is 0.0491. The predicted molar refractivity (Wildman–Crippen MR) is 101 cm³/mol. The van der Waals surface area contributed by atoms with Gasteiger partial charge in [0.15, 0.2) is 0 Å². The number of hydrogen-bond donors (Lipinski definition) is 1. The monoisotopic (exact) mass is 354 g/mol. The zero-order chi connectivity index (χ0) is 18.2. The van der Waals surface area contributed by atoms with E-state index in [0.29, 0.717) is 13.2 Å². The van der Waals surface area contributed by atoms with Crippen molar-refractivity contribution in [3.8, 4) is 11.5 Å². The number of amides is 1. The van der Waals surface area contributed by atoms with Gasteiger partial charge in [0.1, 0.15) is 18.1 Å². The first-order valence-corrected chi connectivity index (χ1v) is 9.09. The molecule has 0 saturated carbocycles. The van der Waals surface area contributed by atoms with Gasteiger partial charge in [-0.3, -0.25) is 9.69 Å². The van der Waals surface area contributed by atoms with E-state index >= 15 is 0 Å². The van der Waals surface area contributed by atoms with Crippen molar-refractivity contribution in [2.24, 2.45) is 0 Å². The van der Waals surface area contributed by atoms with Crippen LogP contribution in [0.25, 0.3) is 0 Å². The van der Waals surface area contributed by atoms with Crippen molar-refractivity contribution in [3.05, 3.63) is 60.2 Å². The standard InChI is InChI=1S/C21H26N2O3/c1-25-18-9-5-10-19(15-18)26-14-12-22-21(24)20-11-6-13-23(20)16-17-7-3-2-4-8-17/h2-5,7-10,15,20H,6,11-14,16H2,1H3,(H,22,24). The number of methoxy groups -OCH3 is 1. The number of ether oxygens (including phenoxy) is 2. The smallest absolute Gasteiger partial charge is 0.237 e. The quantitative estimate of drug-likeness (QED) is 0.741. The summed E-state index contributed by atoms with van der Waals surface area (Å²) in [5, 5.41) is 3.00. The Kier molecular flexibility index (Phi) is 6.50. The molecule has 3 rings (SSSR count). The maximum absolute atomic E-state index is 12.5. The van der Waals surface area contributed by atoms with E-state index in [2.05, 4.69) is 22.3 Å². The highest BCUT2D eigenvalue weighted by Gasteiger charge is 2.30. The van der Waals surface area contributed by atoms with E-state index < -0.39 is 0 Å². The number of hydrogen-bond acceptors (Lipinski definition) is 4. The van der Waals surface area contributed by atoms with Gasteiger partial charge in [-0.2, -0.15) is 0 Å². The number of rotatable bonds is 8. The number of benzene rings is 2. The molecule has 1 fully saturated rings. The number of carbonyl (C=O) groups is 1. The largest absolute Gasteiger partial charge is 0.497 e. The lowest BCUT2D eigenvalue weighted by atomic mass is 10.1. The Balaban J connectivity index is 1.43. The summed E-state index contributed by atoms with van der Waals surface area (Å²) in [6.07, 6.45) is 1.97. The molecule has 0 spiro atoms. The van der Waals surface area contributed by atoms with Crippen molar-refractivity contribution in [1.82, 2.24) is 10.2 Å². The second-order valence-corrected chi connectivity index (χ2v) is 6.43. The molecule has 1 aliphatic rings. The number of nitrogens with one attached hydrogen (secondary N) is 1. The Bertz CT molecular complexity index is 705.